The molecule has 0 unspecified atom stereocenters. The van der Waals surface area contributed by atoms with Crippen molar-refractivity contribution in [2.75, 3.05) is 9.80 Å². The van der Waals surface area contributed by atoms with E-state index in [1.807, 2.05) is 67.5 Å². The van der Waals surface area contributed by atoms with E-state index < -0.39 is 18.1 Å². The molecule has 0 radical (unpaired) electrons. The zero-order chi connectivity index (χ0) is 57.4. The molecule has 0 saturated heterocycles. The molecule has 0 amide bonds. The van der Waals surface area contributed by atoms with Crippen molar-refractivity contribution in [1.82, 2.24) is 9.55 Å². The molecule has 7 heteroatoms. The van der Waals surface area contributed by atoms with Gasteiger partial charge in [0.15, 0.2) is 0 Å². The molecule has 1 aliphatic heterocycles. The van der Waals surface area contributed by atoms with Crippen LogP contribution in [0.1, 0.15) is 112 Å². The normalized spacial score (nSPS) is 14.2. The molecule has 0 fully saturated rings. The third-order valence-electron chi connectivity index (χ3n) is 14.8. The molecule has 0 N–H and O–H groups in total. The summed E-state index contributed by atoms with van der Waals surface area (Å²) in [4.78, 5) is 9.17. The van der Waals surface area contributed by atoms with Gasteiger partial charge < -0.3 is 23.5 Å². The van der Waals surface area contributed by atoms with Gasteiger partial charge >= 0.3 is 0 Å². The number of rotatable bonds is 7. The first-order chi connectivity index (χ1) is 38.3. The quantitative estimate of drug-likeness (QED) is 0.149. The molecule has 77 heavy (non-hydrogen) atoms. The van der Waals surface area contributed by atoms with E-state index in [0.717, 1.165) is 94.3 Å². The van der Waals surface area contributed by atoms with Crippen LogP contribution in [0.3, 0.4) is 0 Å². The first kappa shape index (κ1) is 45.8. The van der Waals surface area contributed by atoms with E-state index >= 15 is 0 Å². The van der Waals surface area contributed by atoms with Crippen LogP contribution in [0.25, 0.3) is 71.8 Å². The zero-order valence-corrected chi connectivity index (χ0v) is 48.1. The van der Waals surface area contributed by atoms with Gasteiger partial charge in [0.2, 0.25) is 0 Å². The largest absolute Gasteiger partial charge is 0.509 e. The smallest absolute Gasteiger partial charge is 0.135 e. The van der Waals surface area contributed by atoms with Crippen LogP contribution in [0, 0.1) is 18.8 Å². The predicted octanol–water partition coefficient (Wildman–Crippen LogP) is 19.4. The molecular weight excluding hydrogens is 1120 g/mol. The molecular formula is C70H65N4O2Pt-3. The Labute approximate surface area is 475 Å². The maximum Gasteiger partial charge on any atom is 0.135 e. The average Bonchev–Trinajstić information content (AvgIpc) is 4.01. The molecule has 12 rings (SSSR count). The Kier molecular flexibility index (Phi) is 11.3. The predicted molar refractivity (Wildman–Crippen MR) is 317 cm³/mol. The molecule has 6 nitrogen and oxygen atoms in total. The number of para-hydroxylation sites is 4. The van der Waals surface area contributed by atoms with Gasteiger partial charge in [-0.25, -0.2) is 4.98 Å². The van der Waals surface area contributed by atoms with Gasteiger partial charge in [0, 0.05) is 83.2 Å². The summed E-state index contributed by atoms with van der Waals surface area (Å²) < 4.78 is 60.7. The average molecular weight is 1190 g/mol. The van der Waals surface area contributed by atoms with Crippen molar-refractivity contribution < 1.29 is 37.1 Å². The third-order valence-corrected chi connectivity index (χ3v) is 14.8. The first-order valence-corrected chi connectivity index (χ1v) is 26.2. The van der Waals surface area contributed by atoms with E-state index in [-0.39, 0.29) is 60.4 Å². The van der Waals surface area contributed by atoms with E-state index in [9.17, 15) is 2.74 Å². The number of aromatic nitrogens is 2. The fourth-order valence-corrected chi connectivity index (χ4v) is 10.5. The number of fused-ring (bicyclic) bond motifs is 8. The van der Waals surface area contributed by atoms with Crippen LogP contribution >= 0.6 is 0 Å². The van der Waals surface area contributed by atoms with Crippen molar-refractivity contribution >= 4 is 66.5 Å². The van der Waals surface area contributed by atoms with Gasteiger partial charge in [0.25, 0.3) is 0 Å². The molecule has 1 aliphatic rings. The zero-order valence-electron chi connectivity index (χ0n) is 50.8. The van der Waals surface area contributed by atoms with Gasteiger partial charge in [-0.15, -0.1) is 48.3 Å². The second-order valence-corrected chi connectivity index (χ2v) is 24.3. The molecule has 0 aliphatic carbocycles. The number of pyridine rings is 1. The molecule has 0 saturated carbocycles. The minimum absolute atomic E-state index is 0. The Bertz CT molecular complexity index is 4320. The van der Waals surface area contributed by atoms with Gasteiger partial charge in [-0.1, -0.05) is 191 Å². The van der Waals surface area contributed by atoms with Gasteiger partial charge in [-0.3, -0.25) is 0 Å². The van der Waals surface area contributed by atoms with Crippen molar-refractivity contribution in [3.05, 3.63) is 211 Å². The van der Waals surface area contributed by atoms with Gasteiger partial charge in [-0.05, 0) is 97.3 Å². The number of hydrogen-bond acceptors (Lipinski definition) is 5. The van der Waals surface area contributed by atoms with Gasteiger partial charge in [0.05, 0.1) is 6.85 Å². The van der Waals surface area contributed by atoms with E-state index in [1.165, 1.54) is 0 Å². The van der Waals surface area contributed by atoms with Crippen molar-refractivity contribution in [3.63, 3.8) is 0 Å². The molecule has 0 atom stereocenters. The van der Waals surface area contributed by atoms with E-state index in [2.05, 4.69) is 188 Å². The summed E-state index contributed by atoms with van der Waals surface area (Å²) >= 11 is 0. The number of hydrogen-bond donors (Lipinski definition) is 0. The fourth-order valence-electron chi connectivity index (χ4n) is 10.5. The monoisotopic (exact) mass is 1190 g/mol. The summed E-state index contributed by atoms with van der Waals surface area (Å²) in [5, 5.41) is 4.00. The number of furan rings is 1. The SMILES string of the molecule is [2H]c1c([2H])c([2H])c(-c2cccc(-c3cc(C(C)(C)C)cc(C(C)(C)C)c3)c2N2[CH-]N(c3[c-]c(Oc4[c-]c5c(cc4)c4c6oc7ccccc7c6ccc4n5-c4cc(C(C)(C)C)ccn4)cc(C(C)(C)C)c3)c3ccccc32)c([2H])c1[2H].[Pt]. The standard InChI is InChI=1S/C70H65N4O2.Pt/c1-67(2,3)46-33-34-71-63(40-46)74-60-32-31-56-55-23-16-19-28-62(55)76-66(56)64(60)57-30-29-51(42-61(57)74)75-52-39-49(70(10,11)12)38-50(41-52)72-43-73(59-27-18-17-26-58(59)72)65-53(44-21-14-13-15-22-44)24-20-25-54(65)45-35-47(68(4,5)6)37-48(36-45)69(7,8)9;/h13-40,43H,1-12H3;/q-3;/i13D,14D,15D,21D,22D;. The molecule has 11 aromatic rings. The van der Waals surface area contributed by atoms with Crippen molar-refractivity contribution in [3.8, 4) is 39.6 Å². The Hall–Kier alpha value is -7.40. The van der Waals surface area contributed by atoms with Crippen LogP contribution in [0.5, 0.6) is 11.5 Å². The summed E-state index contributed by atoms with van der Waals surface area (Å²) in [6.45, 7) is 28.5. The van der Waals surface area contributed by atoms with E-state index in [1.54, 1.807) is 0 Å². The van der Waals surface area contributed by atoms with E-state index in [0.29, 0.717) is 28.4 Å². The minimum atomic E-state index is -0.442. The van der Waals surface area contributed by atoms with Crippen LogP contribution in [0.4, 0.5) is 22.7 Å². The molecule has 3 aromatic heterocycles. The van der Waals surface area contributed by atoms with Crippen molar-refractivity contribution in [1.29, 1.82) is 0 Å². The van der Waals surface area contributed by atoms with Gasteiger partial charge in [-0.2, -0.15) is 6.07 Å². The Morgan fingerprint density at radius 3 is 1.86 bits per heavy atom. The Morgan fingerprint density at radius 1 is 0.545 bits per heavy atom. The number of benzene rings is 8. The van der Waals surface area contributed by atoms with Crippen LogP contribution in [0.15, 0.2) is 174 Å². The molecule has 8 aromatic carbocycles. The number of ether oxygens (including phenoxy) is 1. The summed E-state index contributed by atoms with van der Waals surface area (Å²) in [6.07, 6.45) is 1.87. The second-order valence-electron chi connectivity index (χ2n) is 24.3. The molecule has 4 heterocycles. The topological polar surface area (TPSA) is 46.7 Å². The maximum atomic E-state index is 9.33. The summed E-state index contributed by atoms with van der Waals surface area (Å²) in [6, 6.07) is 51.3. The van der Waals surface area contributed by atoms with Crippen LogP contribution in [-0.2, 0) is 42.7 Å². The first-order valence-electron chi connectivity index (χ1n) is 28.7. The maximum absolute atomic E-state index is 9.33. The number of nitrogens with zero attached hydrogens (tertiary/aromatic N) is 4. The minimum Gasteiger partial charge on any atom is -0.509 e. The third kappa shape index (κ3) is 9.33. The second kappa shape index (κ2) is 19.0. The van der Waals surface area contributed by atoms with E-state index in [4.69, 9.17) is 18.3 Å². The molecule has 0 bridgehead atoms. The van der Waals surface area contributed by atoms with Gasteiger partial charge in [0.1, 0.15) is 17.0 Å². The van der Waals surface area contributed by atoms with Crippen LogP contribution < -0.4 is 14.5 Å². The summed E-state index contributed by atoms with van der Waals surface area (Å²) in [5.41, 5.74) is 12.4. The summed E-state index contributed by atoms with van der Waals surface area (Å²) in [7, 11) is 0. The Morgan fingerprint density at radius 2 is 1.17 bits per heavy atom. The summed E-state index contributed by atoms with van der Waals surface area (Å²) in [5.74, 6) is 1.74. The van der Waals surface area contributed by atoms with Crippen molar-refractivity contribution in [2.24, 2.45) is 0 Å². The fraction of sp³-hybridized carbons (Fsp3) is 0.229. The van der Waals surface area contributed by atoms with Crippen molar-refractivity contribution in [2.45, 2.75) is 105 Å². The Balaban J connectivity index is 0.00000705. The van der Waals surface area contributed by atoms with Crippen LogP contribution in [0.2, 0.25) is 0 Å². The molecule has 0 spiro atoms. The molecule has 390 valence electrons. The van der Waals surface area contributed by atoms with Crippen LogP contribution in [-0.4, -0.2) is 9.55 Å². The number of anilines is 4.